The number of amides is 1. The lowest BCUT2D eigenvalue weighted by molar-refractivity contribution is -0.144. The van der Waals surface area contributed by atoms with Crippen LogP contribution in [0.3, 0.4) is 0 Å². The van der Waals surface area contributed by atoms with Crippen LogP contribution in [0.2, 0.25) is 0 Å². The van der Waals surface area contributed by atoms with E-state index < -0.39 is 0 Å². The van der Waals surface area contributed by atoms with Crippen molar-refractivity contribution in [3.63, 3.8) is 0 Å². The van der Waals surface area contributed by atoms with Crippen molar-refractivity contribution >= 4 is 5.91 Å². The Balaban J connectivity index is 2.57. The summed E-state index contributed by atoms with van der Waals surface area (Å²) < 4.78 is 0. The van der Waals surface area contributed by atoms with Crippen LogP contribution >= 0.6 is 0 Å². The molecule has 1 amide bonds. The number of hydrogen-bond acceptors (Lipinski definition) is 3. The van der Waals surface area contributed by atoms with Crippen LogP contribution in [-0.2, 0) is 4.79 Å². The molecule has 142 valence electrons. The molecule has 1 unspecified atom stereocenters. The number of carbonyl (C=O) groups excluding carboxylic acids is 1. The summed E-state index contributed by atoms with van der Waals surface area (Å²) in [5.41, 5.74) is -0.0478. The van der Waals surface area contributed by atoms with Crippen LogP contribution in [0.5, 0.6) is 0 Å². The van der Waals surface area contributed by atoms with Gasteiger partial charge in [0.15, 0.2) is 0 Å². The fourth-order valence-electron chi connectivity index (χ4n) is 3.84. The van der Waals surface area contributed by atoms with Gasteiger partial charge < -0.3 is 10.2 Å². The Morgan fingerprint density at radius 2 is 1.67 bits per heavy atom. The molecule has 0 aromatic carbocycles. The first kappa shape index (κ1) is 21.4. The maximum atomic E-state index is 13.1. The molecule has 1 atom stereocenters. The van der Waals surface area contributed by atoms with E-state index in [9.17, 15) is 4.79 Å². The first-order valence-corrected chi connectivity index (χ1v) is 9.88. The van der Waals surface area contributed by atoms with E-state index in [2.05, 4.69) is 63.6 Å². The van der Waals surface area contributed by atoms with Gasteiger partial charge >= 0.3 is 0 Å². The van der Waals surface area contributed by atoms with Crippen LogP contribution in [0.15, 0.2) is 0 Å². The average molecular weight is 340 g/mol. The molecule has 0 spiro atoms. The van der Waals surface area contributed by atoms with Crippen molar-refractivity contribution in [3.8, 4) is 0 Å². The maximum Gasteiger partial charge on any atom is 0.228 e. The molecule has 0 saturated carbocycles. The van der Waals surface area contributed by atoms with Gasteiger partial charge in [-0.15, -0.1) is 0 Å². The monoisotopic (exact) mass is 339 g/mol. The first-order valence-electron chi connectivity index (χ1n) is 9.88. The molecule has 0 bridgehead atoms. The zero-order chi connectivity index (χ0) is 18.4. The Morgan fingerprint density at radius 3 is 2.12 bits per heavy atom. The van der Waals surface area contributed by atoms with Gasteiger partial charge in [0.1, 0.15) is 0 Å². The van der Waals surface area contributed by atoms with Gasteiger partial charge in [0.05, 0.1) is 0 Å². The first-order chi connectivity index (χ1) is 11.2. The molecule has 1 saturated heterocycles. The van der Waals surface area contributed by atoms with Crippen molar-refractivity contribution in [1.29, 1.82) is 0 Å². The smallest absolute Gasteiger partial charge is 0.228 e. The van der Waals surface area contributed by atoms with Crippen molar-refractivity contribution in [2.24, 2.45) is 16.7 Å². The van der Waals surface area contributed by atoms with Gasteiger partial charge in [-0.05, 0) is 24.3 Å². The summed E-state index contributed by atoms with van der Waals surface area (Å²) in [4.78, 5) is 17.7. The standard InChI is InChI=1S/C20H41N3O/c1-8-20(7,17(3)4)16-19(5,6)18(24)23-14-12-22(13-15-23)11-10-21-9-2/h17,21H,8-16H2,1-7H3. The van der Waals surface area contributed by atoms with E-state index in [0.29, 0.717) is 11.8 Å². The Labute approximate surface area is 150 Å². The van der Waals surface area contributed by atoms with Crippen LogP contribution in [0.1, 0.15) is 61.3 Å². The number of carbonyl (C=O) groups is 1. The molecular weight excluding hydrogens is 298 g/mol. The van der Waals surface area contributed by atoms with Gasteiger partial charge in [0.2, 0.25) is 5.91 Å². The minimum Gasteiger partial charge on any atom is -0.340 e. The Morgan fingerprint density at radius 1 is 1.08 bits per heavy atom. The molecule has 1 fully saturated rings. The number of nitrogens with zero attached hydrogens (tertiary/aromatic N) is 2. The van der Waals surface area contributed by atoms with Crippen LogP contribution in [0.4, 0.5) is 0 Å². The fraction of sp³-hybridized carbons (Fsp3) is 0.950. The summed E-state index contributed by atoms with van der Waals surface area (Å²) in [6.45, 7) is 22.5. The Hall–Kier alpha value is -0.610. The van der Waals surface area contributed by atoms with E-state index >= 15 is 0 Å². The third kappa shape index (κ3) is 5.73. The highest BCUT2D eigenvalue weighted by Crippen LogP contribution is 2.42. The Kier molecular flexibility index (Phi) is 8.21. The minimum absolute atomic E-state index is 0.229. The highest BCUT2D eigenvalue weighted by molar-refractivity contribution is 5.82. The van der Waals surface area contributed by atoms with E-state index in [1.165, 1.54) is 0 Å². The van der Waals surface area contributed by atoms with Crippen LogP contribution in [0, 0.1) is 16.7 Å². The third-order valence-corrected chi connectivity index (χ3v) is 6.14. The summed E-state index contributed by atoms with van der Waals surface area (Å²) in [6, 6.07) is 0. The molecule has 4 heteroatoms. The van der Waals surface area contributed by atoms with Crippen molar-refractivity contribution in [1.82, 2.24) is 15.1 Å². The molecule has 0 aromatic rings. The predicted molar refractivity (Wildman–Crippen MR) is 103 cm³/mol. The van der Waals surface area contributed by atoms with Crippen LogP contribution in [-0.4, -0.2) is 61.5 Å². The van der Waals surface area contributed by atoms with E-state index in [0.717, 1.165) is 58.7 Å². The van der Waals surface area contributed by atoms with E-state index in [-0.39, 0.29) is 10.8 Å². The number of piperazine rings is 1. The number of likely N-dealkylation sites (N-methyl/N-ethyl adjacent to an activating group) is 1. The molecule has 1 rings (SSSR count). The van der Waals surface area contributed by atoms with Gasteiger partial charge in [-0.3, -0.25) is 9.69 Å². The number of nitrogens with one attached hydrogen (secondary N) is 1. The van der Waals surface area contributed by atoms with Gasteiger partial charge in [0.25, 0.3) is 0 Å². The highest BCUT2D eigenvalue weighted by Gasteiger charge is 2.40. The molecule has 1 N–H and O–H groups in total. The second-order valence-corrected chi connectivity index (χ2v) is 8.71. The van der Waals surface area contributed by atoms with Gasteiger partial charge in [0, 0.05) is 44.7 Å². The van der Waals surface area contributed by atoms with Gasteiger partial charge in [-0.2, -0.15) is 0 Å². The van der Waals surface area contributed by atoms with Gasteiger partial charge in [-0.1, -0.05) is 54.9 Å². The fourth-order valence-corrected chi connectivity index (χ4v) is 3.84. The second kappa shape index (κ2) is 9.19. The van der Waals surface area contributed by atoms with Crippen molar-refractivity contribution in [2.75, 3.05) is 45.8 Å². The molecule has 24 heavy (non-hydrogen) atoms. The summed E-state index contributed by atoms with van der Waals surface area (Å²) in [5.74, 6) is 0.937. The molecule has 1 heterocycles. The third-order valence-electron chi connectivity index (χ3n) is 6.14. The van der Waals surface area contributed by atoms with E-state index in [1.807, 2.05) is 0 Å². The van der Waals surface area contributed by atoms with Crippen molar-refractivity contribution in [3.05, 3.63) is 0 Å². The number of hydrogen-bond donors (Lipinski definition) is 1. The minimum atomic E-state index is -0.277. The summed E-state index contributed by atoms with van der Waals surface area (Å²) in [7, 11) is 0. The molecule has 0 aliphatic carbocycles. The predicted octanol–water partition coefficient (Wildman–Crippen LogP) is 3.23. The van der Waals surface area contributed by atoms with Crippen LogP contribution in [0.25, 0.3) is 0 Å². The molecule has 1 aliphatic heterocycles. The summed E-state index contributed by atoms with van der Waals surface area (Å²) >= 11 is 0. The van der Waals surface area contributed by atoms with Crippen LogP contribution < -0.4 is 5.32 Å². The lowest BCUT2D eigenvalue weighted by atomic mass is 9.66. The largest absolute Gasteiger partial charge is 0.340 e. The summed E-state index contributed by atoms with van der Waals surface area (Å²) in [6.07, 6.45) is 2.09. The topological polar surface area (TPSA) is 35.6 Å². The van der Waals surface area contributed by atoms with Gasteiger partial charge in [-0.25, -0.2) is 0 Å². The summed E-state index contributed by atoms with van der Waals surface area (Å²) in [5, 5.41) is 3.37. The molecule has 0 aromatic heterocycles. The zero-order valence-corrected chi connectivity index (χ0v) is 17.2. The lowest BCUT2D eigenvalue weighted by Gasteiger charge is -2.43. The second-order valence-electron chi connectivity index (χ2n) is 8.71. The SMILES string of the molecule is CCNCCN1CCN(C(=O)C(C)(C)CC(C)(CC)C(C)C)CC1. The lowest BCUT2D eigenvalue weighted by Crippen LogP contribution is -2.53. The zero-order valence-electron chi connectivity index (χ0n) is 17.2. The maximum absolute atomic E-state index is 13.1. The molecule has 1 aliphatic rings. The average Bonchev–Trinajstić information content (AvgIpc) is 2.54. The molecular formula is C20H41N3O. The highest BCUT2D eigenvalue weighted by atomic mass is 16.2. The number of rotatable bonds is 9. The van der Waals surface area contributed by atoms with E-state index in [4.69, 9.17) is 0 Å². The molecule has 0 radical (unpaired) electrons. The Bertz CT molecular complexity index is 386. The normalized spacial score (nSPS) is 19.6. The van der Waals surface area contributed by atoms with E-state index in [1.54, 1.807) is 0 Å². The van der Waals surface area contributed by atoms with Crippen molar-refractivity contribution in [2.45, 2.75) is 61.3 Å². The van der Waals surface area contributed by atoms with Crippen molar-refractivity contribution < 1.29 is 4.79 Å². The quantitative estimate of drug-likeness (QED) is 0.655. The molecule has 4 nitrogen and oxygen atoms in total.